The van der Waals surface area contributed by atoms with Gasteiger partial charge in [-0.2, -0.15) is 8.42 Å². The quantitative estimate of drug-likeness (QED) is 0.884. The molecule has 2 N–H and O–H groups in total. The third-order valence-corrected chi connectivity index (χ3v) is 5.65. The highest BCUT2D eigenvalue weighted by molar-refractivity contribution is 7.90. The predicted molar refractivity (Wildman–Crippen MR) is 81.3 cm³/mol. The number of hydrogen-bond acceptors (Lipinski definition) is 4. The molecule has 0 amide bonds. The number of rotatable bonds is 3. The third kappa shape index (κ3) is 2.72. The number of nitrogens with one attached hydrogen (secondary N) is 1. The molecule has 1 heterocycles. The van der Waals surface area contributed by atoms with E-state index in [1.807, 2.05) is 0 Å². The fourth-order valence-corrected chi connectivity index (χ4v) is 4.39. The molecule has 1 aromatic carbocycles. The van der Waals surface area contributed by atoms with Crippen LogP contribution in [0.3, 0.4) is 0 Å². The van der Waals surface area contributed by atoms with E-state index >= 15 is 0 Å². The molecule has 3 rings (SSSR count). The maximum atomic E-state index is 12.0. The van der Waals surface area contributed by atoms with Crippen LogP contribution in [-0.4, -0.2) is 31.4 Å². The standard InChI is InChI=1S/C15H18N2O4S/c18-15(19)13(10-6-2-1-3-7-10)16-14-11-8-4-5-9-12(11)22(20,21)17-14/h4-5,8-10,13H,1-3,6-7H2,(H,16,17)(H,18,19)/t13-/m0/s1. The van der Waals surface area contributed by atoms with E-state index in [1.165, 1.54) is 6.07 Å². The van der Waals surface area contributed by atoms with Gasteiger partial charge in [-0.05, 0) is 30.9 Å². The molecule has 0 bridgehead atoms. The average molecular weight is 322 g/mol. The molecule has 1 saturated carbocycles. The highest BCUT2D eigenvalue weighted by atomic mass is 32.2. The second-order valence-corrected chi connectivity index (χ2v) is 7.34. The summed E-state index contributed by atoms with van der Waals surface area (Å²) in [6.07, 6.45) is 4.83. The van der Waals surface area contributed by atoms with E-state index in [9.17, 15) is 18.3 Å². The number of amidine groups is 1. The zero-order valence-electron chi connectivity index (χ0n) is 12.0. The van der Waals surface area contributed by atoms with Gasteiger partial charge in [-0.15, -0.1) is 4.40 Å². The van der Waals surface area contributed by atoms with Gasteiger partial charge in [0, 0.05) is 5.56 Å². The first-order valence-corrected chi connectivity index (χ1v) is 8.87. The minimum Gasteiger partial charge on any atom is -0.480 e. The maximum Gasteiger partial charge on any atom is 0.326 e. The molecular formula is C15H18N2O4S. The van der Waals surface area contributed by atoms with E-state index in [4.69, 9.17) is 0 Å². The summed E-state index contributed by atoms with van der Waals surface area (Å²) in [5, 5.41) is 12.4. The number of carboxylic acids is 1. The lowest BCUT2D eigenvalue weighted by molar-refractivity contribution is -0.140. The Morgan fingerprint density at radius 2 is 1.91 bits per heavy atom. The summed E-state index contributed by atoms with van der Waals surface area (Å²) in [4.78, 5) is 11.7. The molecule has 1 atom stereocenters. The van der Waals surface area contributed by atoms with Gasteiger partial charge in [0.25, 0.3) is 10.0 Å². The van der Waals surface area contributed by atoms with Gasteiger partial charge in [0.1, 0.15) is 16.8 Å². The van der Waals surface area contributed by atoms with Crippen LogP contribution >= 0.6 is 0 Å². The van der Waals surface area contributed by atoms with Crippen molar-refractivity contribution < 1.29 is 18.3 Å². The van der Waals surface area contributed by atoms with Gasteiger partial charge in [-0.3, -0.25) is 0 Å². The number of benzene rings is 1. The summed E-state index contributed by atoms with van der Waals surface area (Å²) in [5.41, 5.74) is 0.449. The number of nitrogens with zero attached hydrogens (tertiary/aromatic N) is 1. The van der Waals surface area contributed by atoms with Crippen molar-refractivity contribution in [1.29, 1.82) is 0 Å². The van der Waals surface area contributed by atoms with Crippen LogP contribution in [0.5, 0.6) is 0 Å². The Morgan fingerprint density at radius 3 is 2.59 bits per heavy atom. The molecule has 1 fully saturated rings. The molecule has 2 aliphatic rings. The molecule has 22 heavy (non-hydrogen) atoms. The van der Waals surface area contributed by atoms with Crippen molar-refractivity contribution in [2.75, 3.05) is 0 Å². The second-order valence-electron chi connectivity index (χ2n) is 5.77. The van der Waals surface area contributed by atoms with Crippen LogP contribution in [0, 0.1) is 5.92 Å². The zero-order chi connectivity index (χ0) is 15.7. The molecule has 118 valence electrons. The summed E-state index contributed by atoms with van der Waals surface area (Å²) >= 11 is 0. The van der Waals surface area contributed by atoms with Crippen molar-refractivity contribution in [3.8, 4) is 0 Å². The van der Waals surface area contributed by atoms with E-state index in [0.29, 0.717) is 5.56 Å². The first-order valence-electron chi connectivity index (χ1n) is 7.43. The molecule has 1 aromatic rings. The molecule has 0 saturated heterocycles. The van der Waals surface area contributed by atoms with Crippen molar-refractivity contribution in [2.24, 2.45) is 10.3 Å². The van der Waals surface area contributed by atoms with Crippen LogP contribution in [0.25, 0.3) is 0 Å². The minimum absolute atomic E-state index is 0.00409. The lowest BCUT2D eigenvalue weighted by Crippen LogP contribution is -2.46. The van der Waals surface area contributed by atoms with Crippen molar-refractivity contribution in [1.82, 2.24) is 5.32 Å². The number of aliphatic carboxylic acids is 1. The third-order valence-electron chi connectivity index (χ3n) is 4.31. The van der Waals surface area contributed by atoms with E-state index in [2.05, 4.69) is 9.71 Å². The van der Waals surface area contributed by atoms with Crippen LogP contribution in [0.2, 0.25) is 0 Å². The molecule has 0 radical (unpaired) electrons. The van der Waals surface area contributed by atoms with Crippen LogP contribution in [0.4, 0.5) is 0 Å². The molecule has 0 spiro atoms. The maximum absolute atomic E-state index is 12.0. The SMILES string of the molecule is O=C(O)[C@@H](NC1=NS(=O)(=O)c2ccccc21)C1CCCCC1. The van der Waals surface area contributed by atoms with Crippen LogP contribution in [-0.2, 0) is 14.8 Å². The Balaban J connectivity index is 1.89. The first kappa shape index (κ1) is 15.0. The summed E-state index contributed by atoms with van der Waals surface area (Å²) in [7, 11) is -3.72. The summed E-state index contributed by atoms with van der Waals surface area (Å²) in [5.74, 6) is -0.811. The fourth-order valence-electron chi connectivity index (χ4n) is 3.21. The Kier molecular flexibility index (Phi) is 3.90. The normalized spacial score (nSPS) is 21.7. The Bertz CT molecular complexity index is 721. The van der Waals surface area contributed by atoms with Crippen molar-refractivity contribution >= 4 is 21.8 Å². The van der Waals surface area contributed by atoms with Gasteiger partial charge in [0.2, 0.25) is 0 Å². The number of fused-ring (bicyclic) bond motifs is 1. The highest BCUT2D eigenvalue weighted by Crippen LogP contribution is 2.29. The van der Waals surface area contributed by atoms with E-state index in [1.54, 1.807) is 18.2 Å². The zero-order valence-corrected chi connectivity index (χ0v) is 12.8. The summed E-state index contributed by atoms with van der Waals surface area (Å²) < 4.78 is 27.8. The van der Waals surface area contributed by atoms with Gasteiger partial charge in [-0.1, -0.05) is 31.4 Å². The largest absolute Gasteiger partial charge is 0.480 e. The van der Waals surface area contributed by atoms with Gasteiger partial charge < -0.3 is 10.4 Å². The van der Waals surface area contributed by atoms with Crippen molar-refractivity contribution in [2.45, 2.75) is 43.0 Å². The molecule has 1 aliphatic heterocycles. The van der Waals surface area contributed by atoms with Crippen molar-refractivity contribution in [3.05, 3.63) is 29.8 Å². The Hall–Kier alpha value is -1.89. The molecular weight excluding hydrogens is 304 g/mol. The second kappa shape index (κ2) is 5.72. The Morgan fingerprint density at radius 1 is 1.23 bits per heavy atom. The summed E-state index contributed by atoms with van der Waals surface area (Å²) in [6.45, 7) is 0. The number of hydrogen-bond donors (Lipinski definition) is 2. The lowest BCUT2D eigenvalue weighted by atomic mass is 9.84. The predicted octanol–water partition coefficient (Wildman–Crippen LogP) is 1.76. The van der Waals surface area contributed by atoms with E-state index in [0.717, 1.165) is 32.1 Å². The van der Waals surface area contributed by atoms with E-state index in [-0.39, 0.29) is 16.6 Å². The molecule has 0 aromatic heterocycles. The van der Waals surface area contributed by atoms with Crippen molar-refractivity contribution in [3.63, 3.8) is 0 Å². The van der Waals surface area contributed by atoms with Gasteiger partial charge in [0.05, 0.1) is 0 Å². The number of carboxylic acid groups (broad SMARTS) is 1. The van der Waals surface area contributed by atoms with Crippen LogP contribution in [0.15, 0.2) is 33.6 Å². The first-order chi connectivity index (χ1) is 10.5. The van der Waals surface area contributed by atoms with Gasteiger partial charge in [0.15, 0.2) is 0 Å². The van der Waals surface area contributed by atoms with E-state index < -0.39 is 22.0 Å². The number of carbonyl (C=O) groups is 1. The lowest BCUT2D eigenvalue weighted by Gasteiger charge is -2.28. The summed E-state index contributed by atoms with van der Waals surface area (Å²) in [6, 6.07) is 5.67. The number of sulfonamides is 1. The molecule has 0 unspecified atom stereocenters. The smallest absolute Gasteiger partial charge is 0.326 e. The molecule has 7 heteroatoms. The molecule has 1 aliphatic carbocycles. The van der Waals surface area contributed by atoms with Crippen LogP contribution < -0.4 is 5.32 Å². The Labute approximate surface area is 129 Å². The average Bonchev–Trinajstić information content (AvgIpc) is 2.77. The van der Waals surface area contributed by atoms with Crippen LogP contribution in [0.1, 0.15) is 37.7 Å². The topological polar surface area (TPSA) is 95.8 Å². The van der Waals surface area contributed by atoms with Gasteiger partial charge >= 0.3 is 5.97 Å². The highest BCUT2D eigenvalue weighted by Gasteiger charge is 2.34. The monoisotopic (exact) mass is 322 g/mol. The molecule has 6 nitrogen and oxygen atoms in total. The minimum atomic E-state index is -3.72. The van der Waals surface area contributed by atoms with Gasteiger partial charge in [-0.25, -0.2) is 4.79 Å². The fraction of sp³-hybridized carbons (Fsp3) is 0.467.